The molecular weight excluding hydrogens is 847 g/mol. The van der Waals surface area contributed by atoms with E-state index < -0.39 is 52.6 Å². The molecule has 1 aromatic heterocycles. The second-order valence-corrected chi connectivity index (χ2v) is 18.5. The average Bonchev–Trinajstić information content (AvgIpc) is 3.13. The van der Waals surface area contributed by atoms with Crippen LogP contribution >= 0.6 is 0 Å². The molecule has 5 aromatic carbocycles. The Morgan fingerprint density at radius 3 is 1.93 bits per heavy atom. The molecule has 2 N–H and O–H groups in total. The van der Waals surface area contributed by atoms with Gasteiger partial charge in [0.2, 0.25) is 0 Å². The standard InChI is InChI=1S/C43H38N2O10S2.2K/c1-42(2,3)23-43(4,5)25-15-20-31(33(21-25)57(52,53)54)55-32-22-30(44-26-16-18-27(19-17-26)56(49,50)51)35-36-34(28-13-9-10-14-29(28)40(35)47)37(41(48)45-38(32)36)39(46)24-11-7-6-8-12-24;;/h6-22,44H,23H2,1-5H3,(H,45,48)(H,49,50,51)(H,52,53,54);;/q;2*+1/p-2. The Balaban J connectivity index is 0.00000331. The molecule has 0 aliphatic heterocycles. The molecule has 12 nitrogen and oxygen atoms in total. The van der Waals surface area contributed by atoms with E-state index in [1.807, 2.05) is 34.6 Å². The molecule has 0 atom stereocenters. The zero-order chi connectivity index (χ0) is 41.2. The van der Waals surface area contributed by atoms with Gasteiger partial charge in [-0.05, 0) is 64.8 Å². The Kier molecular flexibility index (Phi) is 14.1. The molecule has 0 fully saturated rings. The number of ketones is 2. The third kappa shape index (κ3) is 9.71. The van der Waals surface area contributed by atoms with Crippen LogP contribution in [0.3, 0.4) is 0 Å². The number of hydrogen-bond donors (Lipinski definition) is 2. The van der Waals surface area contributed by atoms with Gasteiger partial charge in [-0.25, -0.2) is 16.8 Å². The van der Waals surface area contributed by atoms with Crippen molar-refractivity contribution in [2.75, 3.05) is 5.32 Å². The first kappa shape index (κ1) is 47.4. The van der Waals surface area contributed by atoms with Crippen molar-refractivity contribution < 1.29 is 143 Å². The van der Waals surface area contributed by atoms with Gasteiger partial charge in [0.1, 0.15) is 26.0 Å². The molecule has 0 amide bonds. The Bertz CT molecular complexity index is 2940. The van der Waals surface area contributed by atoms with Crippen molar-refractivity contribution in [1.29, 1.82) is 0 Å². The van der Waals surface area contributed by atoms with Crippen LogP contribution in [0.5, 0.6) is 11.5 Å². The van der Waals surface area contributed by atoms with E-state index in [0.29, 0.717) is 12.0 Å². The van der Waals surface area contributed by atoms with E-state index in [-0.39, 0.29) is 175 Å². The van der Waals surface area contributed by atoms with Gasteiger partial charge >= 0.3 is 103 Å². The fourth-order valence-electron chi connectivity index (χ4n) is 7.73. The number of aromatic nitrogens is 1. The van der Waals surface area contributed by atoms with Crippen LogP contribution in [0.25, 0.3) is 22.0 Å². The summed E-state index contributed by atoms with van der Waals surface area (Å²) in [5.74, 6) is -1.69. The summed E-state index contributed by atoms with van der Waals surface area (Å²) in [6.45, 7) is 10.0. The monoisotopic (exact) mass is 882 g/mol. The zero-order valence-electron chi connectivity index (χ0n) is 33.4. The fourth-order valence-corrected chi connectivity index (χ4v) is 8.83. The number of ether oxygens (including phenoxy) is 1. The third-order valence-corrected chi connectivity index (χ3v) is 11.5. The van der Waals surface area contributed by atoms with Gasteiger partial charge in [-0.3, -0.25) is 14.4 Å². The summed E-state index contributed by atoms with van der Waals surface area (Å²) in [5.41, 5.74) is -0.227. The average molecular weight is 883 g/mol. The molecule has 0 saturated carbocycles. The van der Waals surface area contributed by atoms with Crippen molar-refractivity contribution in [2.24, 2.45) is 5.41 Å². The van der Waals surface area contributed by atoms with Crippen molar-refractivity contribution >= 4 is 54.1 Å². The molecule has 0 saturated heterocycles. The number of benzene rings is 5. The first-order valence-corrected chi connectivity index (χ1v) is 20.6. The number of carbonyl (C=O) groups is 2. The molecule has 1 heterocycles. The quantitative estimate of drug-likeness (QED) is 0.116. The maximum atomic E-state index is 14.5. The van der Waals surface area contributed by atoms with Gasteiger partial charge in [-0.2, -0.15) is 0 Å². The maximum absolute atomic E-state index is 14.5. The molecule has 0 radical (unpaired) electrons. The Morgan fingerprint density at radius 1 is 0.729 bits per heavy atom. The Labute approximate surface area is 426 Å². The van der Waals surface area contributed by atoms with Gasteiger partial charge in [-0.15, -0.1) is 0 Å². The van der Waals surface area contributed by atoms with Crippen molar-refractivity contribution in [2.45, 2.75) is 56.2 Å². The van der Waals surface area contributed by atoms with Gasteiger partial charge in [0, 0.05) is 33.8 Å². The number of rotatable bonds is 10. The van der Waals surface area contributed by atoms with Gasteiger partial charge in [0.25, 0.3) is 5.56 Å². The zero-order valence-corrected chi connectivity index (χ0v) is 41.3. The van der Waals surface area contributed by atoms with Crippen LogP contribution in [0, 0.1) is 5.41 Å². The predicted molar refractivity (Wildman–Crippen MR) is 213 cm³/mol. The summed E-state index contributed by atoms with van der Waals surface area (Å²) < 4.78 is 79.9. The molecule has 0 unspecified atom stereocenters. The maximum Gasteiger partial charge on any atom is 1.00 e. The van der Waals surface area contributed by atoms with Crippen molar-refractivity contribution in [3.05, 3.63) is 141 Å². The van der Waals surface area contributed by atoms with Crippen molar-refractivity contribution in [1.82, 2.24) is 4.98 Å². The van der Waals surface area contributed by atoms with E-state index in [0.717, 1.165) is 12.1 Å². The van der Waals surface area contributed by atoms with E-state index in [4.69, 9.17) is 4.74 Å². The van der Waals surface area contributed by atoms with E-state index in [2.05, 4.69) is 10.3 Å². The van der Waals surface area contributed by atoms with Gasteiger partial charge < -0.3 is 24.1 Å². The molecule has 59 heavy (non-hydrogen) atoms. The first-order chi connectivity index (χ1) is 26.6. The minimum absolute atomic E-state index is 0. The predicted octanol–water partition coefficient (Wildman–Crippen LogP) is 2.04. The molecule has 7 rings (SSSR count). The molecule has 0 bridgehead atoms. The van der Waals surface area contributed by atoms with Crippen LogP contribution < -0.4 is 118 Å². The second-order valence-electron chi connectivity index (χ2n) is 15.8. The van der Waals surface area contributed by atoms with E-state index in [1.165, 1.54) is 30.3 Å². The molecular formula is C43H36K2N2O10S2. The number of fused-ring (bicyclic) bond motifs is 2. The molecule has 292 valence electrons. The minimum Gasteiger partial charge on any atom is -0.744 e. The van der Waals surface area contributed by atoms with E-state index in [9.17, 15) is 40.3 Å². The molecule has 16 heteroatoms. The molecule has 1 aliphatic rings. The molecule has 6 aromatic rings. The Morgan fingerprint density at radius 2 is 1.34 bits per heavy atom. The second kappa shape index (κ2) is 17.6. The minimum atomic E-state index is -5.16. The largest absolute Gasteiger partial charge is 1.00 e. The number of pyridine rings is 1. The fraction of sp³-hybridized carbons (Fsp3) is 0.186. The van der Waals surface area contributed by atoms with Crippen LogP contribution in [-0.2, 0) is 25.7 Å². The Hall–Kier alpha value is -2.66. The summed E-state index contributed by atoms with van der Waals surface area (Å²) in [6, 6.07) is 25.0. The number of hydrogen-bond acceptors (Lipinski definition) is 11. The van der Waals surface area contributed by atoms with Crippen LogP contribution in [0.2, 0.25) is 0 Å². The topological polar surface area (TPSA) is 203 Å². The number of nitrogens with one attached hydrogen (secondary N) is 2. The van der Waals surface area contributed by atoms with Crippen LogP contribution in [0.1, 0.15) is 78.4 Å². The normalized spacial score (nSPS) is 12.6. The summed E-state index contributed by atoms with van der Waals surface area (Å²) >= 11 is 0. The van der Waals surface area contributed by atoms with Crippen LogP contribution in [-0.4, -0.2) is 42.5 Å². The van der Waals surface area contributed by atoms with Gasteiger partial charge in [0.15, 0.2) is 17.3 Å². The SMILES string of the molecule is CC(C)(C)CC(C)(C)c1ccc(Oc2cc(Nc3ccc(S(=O)(=O)[O-])cc3)c3c4c(c(C(=O)c5ccccc5)c(=O)[nH]c24)-c2ccccc2C3=O)c(S(=O)(=O)[O-])c1.[K+].[K+]. The first-order valence-electron chi connectivity index (χ1n) is 17.8. The molecule has 1 aliphatic carbocycles. The summed E-state index contributed by atoms with van der Waals surface area (Å²) in [4.78, 5) is 44.5. The molecule has 0 spiro atoms. The summed E-state index contributed by atoms with van der Waals surface area (Å²) in [5, 5.41) is 3.17. The van der Waals surface area contributed by atoms with Gasteiger partial charge in [0.05, 0.1) is 32.1 Å². The number of aromatic amines is 1. The van der Waals surface area contributed by atoms with E-state index >= 15 is 0 Å². The summed E-state index contributed by atoms with van der Waals surface area (Å²) in [6.07, 6.45) is 0.644. The smallest absolute Gasteiger partial charge is 0.744 e. The van der Waals surface area contributed by atoms with Crippen molar-refractivity contribution in [3.63, 3.8) is 0 Å². The van der Waals surface area contributed by atoms with Crippen molar-refractivity contribution in [3.8, 4) is 22.6 Å². The van der Waals surface area contributed by atoms with E-state index in [1.54, 1.807) is 60.7 Å². The summed E-state index contributed by atoms with van der Waals surface area (Å²) in [7, 11) is -9.94. The van der Waals surface area contributed by atoms with Gasteiger partial charge in [-0.1, -0.05) is 95.3 Å². The van der Waals surface area contributed by atoms with Crippen LogP contribution in [0.4, 0.5) is 11.4 Å². The number of carbonyl (C=O) groups excluding carboxylic acids is 2. The van der Waals surface area contributed by atoms with Crippen LogP contribution in [0.15, 0.2) is 118 Å². The third-order valence-electron chi connectivity index (χ3n) is 9.80. The number of H-pyrrole nitrogens is 1. The number of anilines is 2.